The van der Waals surface area contributed by atoms with E-state index in [4.69, 9.17) is 16.2 Å². The number of hydrogen-bond acceptors (Lipinski definition) is 4. The molecule has 1 heterocycles. The molecule has 1 aromatic rings. The minimum atomic E-state index is 0.00227. The van der Waals surface area contributed by atoms with E-state index in [0.717, 1.165) is 37.9 Å². The van der Waals surface area contributed by atoms with Gasteiger partial charge in [-0.25, -0.2) is 0 Å². The van der Waals surface area contributed by atoms with Crippen LogP contribution in [0, 0.1) is 5.41 Å². The molecule has 0 fully saturated rings. The first-order valence-electron chi connectivity index (χ1n) is 6.22. The van der Waals surface area contributed by atoms with E-state index >= 15 is 0 Å². The quantitative estimate of drug-likeness (QED) is 0.364. The third kappa shape index (κ3) is 5.25. The summed E-state index contributed by atoms with van der Waals surface area (Å²) in [7, 11) is 2.06. The van der Waals surface area contributed by atoms with E-state index < -0.39 is 0 Å². The lowest BCUT2D eigenvalue weighted by Crippen LogP contribution is -2.20. The number of amidine groups is 1. The third-order valence-corrected chi connectivity index (χ3v) is 2.75. The summed E-state index contributed by atoms with van der Waals surface area (Å²) in [5.74, 6) is 0.00227. The van der Waals surface area contributed by atoms with E-state index in [1.54, 1.807) is 6.20 Å². The number of nitrogens with one attached hydrogen (secondary N) is 1. The van der Waals surface area contributed by atoms with Gasteiger partial charge >= 0.3 is 0 Å². The first-order valence-corrected chi connectivity index (χ1v) is 6.22. The molecule has 0 amide bonds. The van der Waals surface area contributed by atoms with Crippen molar-refractivity contribution in [1.29, 1.82) is 5.41 Å². The fourth-order valence-corrected chi connectivity index (χ4v) is 1.78. The van der Waals surface area contributed by atoms with Gasteiger partial charge in [-0.05, 0) is 50.6 Å². The van der Waals surface area contributed by atoms with Crippen molar-refractivity contribution in [2.75, 3.05) is 20.2 Å². The monoisotopic (exact) mass is 250 g/mol. The Kier molecular flexibility index (Phi) is 6.32. The Bertz CT molecular complexity index is 381. The van der Waals surface area contributed by atoms with Crippen LogP contribution >= 0.6 is 0 Å². The second-order valence-electron chi connectivity index (χ2n) is 4.49. The van der Waals surface area contributed by atoms with E-state index in [1.165, 1.54) is 0 Å². The van der Waals surface area contributed by atoms with Crippen LogP contribution in [-0.2, 0) is 6.54 Å². The molecule has 0 spiro atoms. The molecule has 5 heteroatoms. The standard InChI is InChI=1S/C13H22N4O/c1-17(7-3-2-4-8-18)10-11-5-6-16-12(9-11)13(14)15/h5-6,9,18H,2-4,7-8,10H2,1H3,(H3,14,15). The van der Waals surface area contributed by atoms with Gasteiger partial charge in [0.2, 0.25) is 0 Å². The van der Waals surface area contributed by atoms with Gasteiger partial charge in [0.15, 0.2) is 0 Å². The highest BCUT2D eigenvalue weighted by Gasteiger charge is 2.03. The molecule has 0 radical (unpaired) electrons. The van der Waals surface area contributed by atoms with Crippen LogP contribution in [0.3, 0.4) is 0 Å². The number of nitrogens with zero attached hydrogens (tertiary/aromatic N) is 2. The van der Waals surface area contributed by atoms with Crippen molar-refractivity contribution in [2.45, 2.75) is 25.8 Å². The lowest BCUT2D eigenvalue weighted by Gasteiger charge is -2.16. The highest BCUT2D eigenvalue weighted by atomic mass is 16.2. The highest BCUT2D eigenvalue weighted by Crippen LogP contribution is 2.06. The molecule has 0 saturated heterocycles. The van der Waals surface area contributed by atoms with Crippen molar-refractivity contribution in [1.82, 2.24) is 9.88 Å². The van der Waals surface area contributed by atoms with Crippen molar-refractivity contribution in [2.24, 2.45) is 5.73 Å². The van der Waals surface area contributed by atoms with Gasteiger partial charge in [0.25, 0.3) is 0 Å². The third-order valence-electron chi connectivity index (χ3n) is 2.75. The maximum Gasteiger partial charge on any atom is 0.141 e. The van der Waals surface area contributed by atoms with Crippen molar-refractivity contribution in [3.8, 4) is 0 Å². The van der Waals surface area contributed by atoms with Crippen molar-refractivity contribution in [3.63, 3.8) is 0 Å². The summed E-state index contributed by atoms with van der Waals surface area (Å²) < 4.78 is 0. The van der Waals surface area contributed by atoms with Gasteiger partial charge in [-0.2, -0.15) is 0 Å². The molecule has 1 rings (SSSR count). The molecule has 0 atom stereocenters. The zero-order chi connectivity index (χ0) is 13.4. The lowest BCUT2D eigenvalue weighted by molar-refractivity contribution is 0.271. The van der Waals surface area contributed by atoms with E-state index in [-0.39, 0.29) is 12.4 Å². The smallest absolute Gasteiger partial charge is 0.141 e. The Morgan fingerprint density at radius 1 is 1.44 bits per heavy atom. The molecule has 0 aliphatic rings. The molecule has 0 unspecified atom stereocenters. The van der Waals surface area contributed by atoms with Crippen molar-refractivity contribution in [3.05, 3.63) is 29.6 Å². The van der Waals surface area contributed by atoms with Gasteiger partial charge in [-0.3, -0.25) is 10.4 Å². The predicted octanol–water partition coefficient (Wildman–Crippen LogP) is 0.960. The normalized spacial score (nSPS) is 10.8. The molecule has 0 saturated carbocycles. The summed E-state index contributed by atoms with van der Waals surface area (Å²) in [5.41, 5.74) is 7.05. The minimum absolute atomic E-state index is 0.00227. The van der Waals surface area contributed by atoms with Crippen LogP contribution in [0.5, 0.6) is 0 Å². The zero-order valence-electron chi connectivity index (χ0n) is 10.9. The number of aliphatic hydroxyl groups is 1. The molecular formula is C13H22N4O. The summed E-state index contributed by atoms with van der Waals surface area (Å²) in [6, 6.07) is 3.79. The maximum atomic E-state index is 8.70. The van der Waals surface area contributed by atoms with E-state index in [0.29, 0.717) is 5.69 Å². The summed E-state index contributed by atoms with van der Waals surface area (Å²) >= 11 is 0. The van der Waals surface area contributed by atoms with Crippen LogP contribution in [-0.4, -0.2) is 41.0 Å². The van der Waals surface area contributed by atoms with Crippen LogP contribution in [0.2, 0.25) is 0 Å². The van der Waals surface area contributed by atoms with Gasteiger partial charge in [0, 0.05) is 19.3 Å². The SMILES string of the molecule is CN(CCCCCO)Cc1ccnc(C(=N)N)c1. The van der Waals surface area contributed by atoms with Crippen molar-refractivity contribution < 1.29 is 5.11 Å². The van der Waals surface area contributed by atoms with E-state index in [2.05, 4.69) is 16.9 Å². The molecule has 0 bridgehead atoms. The van der Waals surface area contributed by atoms with Gasteiger partial charge in [-0.1, -0.05) is 0 Å². The summed E-state index contributed by atoms with van der Waals surface area (Å²) in [6.45, 7) is 2.09. The zero-order valence-corrected chi connectivity index (χ0v) is 10.9. The summed E-state index contributed by atoms with van der Waals surface area (Å²) in [4.78, 5) is 6.26. The molecule has 18 heavy (non-hydrogen) atoms. The number of nitrogens with two attached hydrogens (primary N) is 1. The predicted molar refractivity (Wildman–Crippen MR) is 72.5 cm³/mol. The molecular weight excluding hydrogens is 228 g/mol. The van der Waals surface area contributed by atoms with Gasteiger partial charge in [0.05, 0.1) is 0 Å². The van der Waals surface area contributed by atoms with Gasteiger partial charge in [-0.15, -0.1) is 0 Å². The van der Waals surface area contributed by atoms with Crippen LogP contribution in [0.4, 0.5) is 0 Å². The van der Waals surface area contributed by atoms with Gasteiger partial charge < -0.3 is 15.7 Å². The van der Waals surface area contributed by atoms with E-state index in [1.807, 2.05) is 12.1 Å². The second kappa shape index (κ2) is 7.79. The molecule has 1 aromatic heterocycles. The molecule has 100 valence electrons. The molecule has 5 nitrogen and oxygen atoms in total. The molecule has 0 aliphatic heterocycles. The minimum Gasteiger partial charge on any atom is -0.396 e. The summed E-state index contributed by atoms with van der Waals surface area (Å²) in [6.07, 6.45) is 4.70. The largest absolute Gasteiger partial charge is 0.396 e. The number of rotatable bonds is 8. The van der Waals surface area contributed by atoms with Crippen LogP contribution < -0.4 is 5.73 Å². The average Bonchev–Trinajstić information content (AvgIpc) is 2.35. The number of unbranched alkanes of at least 4 members (excludes halogenated alkanes) is 2. The molecule has 4 N–H and O–H groups in total. The first kappa shape index (κ1) is 14.6. The fourth-order valence-electron chi connectivity index (χ4n) is 1.78. The van der Waals surface area contributed by atoms with Crippen LogP contribution in [0.15, 0.2) is 18.3 Å². The Balaban J connectivity index is 2.41. The Morgan fingerprint density at radius 3 is 2.89 bits per heavy atom. The topological polar surface area (TPSA) is 86.2 Å². The van der Waals surface area contributed by atoms with Gasteiger partial charge in [0.1, 0.15) is 11.5 Å². The fraction of sp³-hybridized carbons (Fsp3) is 0.538. The first-order chi connectivity index (χ1) is 8.63. The second-order valence-corrected chi connectivity index (χ2v) is 4.49. The number of hydrogen-bond donors (Lipinski definition) is 3. The Labute approximate surface area is 108 Å². The number of aliphatic hydroxyl groups excluding tert-OH is 1. The lowest BCUT2D eigenvalue weighted by atomic mass is 10.2. The summed E-state index contributed by atoms with van der Waals surface area (Å²) in [5, 5.41) is 16.0. The Hall–Kier alpha value is -1.46. The number of nitrogen functional groups attached to an aromatic ring is 1. The van der Waals surface area contributed by atoms with E-state index in [9.17, 15) is 0 Å². The van der Waals surface area contributed by atoms with Crippen LogP contribution in [0.1, 0.15) is 30.5 Å². The van der Waals surface area contributed by atoms with Crippen LogP contribution in [0.25, 0.3) is 0 Å². The maximum absolute atomic E-state index is 8.70. The Morgan fingerprint density at radius 2 is 2.22 bits per heavy atom. The average molecular weight is 250 g/mol. The number of pyridine rings is 1. The molecule has 0 aliphatic carbocycles. The van der Waals surface area contributed by atoms with Crippen molar-refractivity contribution >= 4 is 5.84 Å². The highest BCUT2D eigenvalue weighted by molar-refractivity contribution is 5.93. The molecule has 0 aromatic carbocycles. The number of aromatic nitrogens is 1.